The maximum Gasteiger partial charge on any atom is 0.159 e. The Morgan fingerprint density at radius 1 is 1.10 bits per heavy atom. The molecule has 30 heavy (non-hydrogen) atoms. The van der Waals surface area contributed by atoms with Crippen LogP contribution in [-0.2, 0) is 9.53 Å². The molecule has 4 fully saturated rings. The Kier molecular flexibility index (Phi) is 4.88. The van der Waals surface area contributed by atoms with Crippen LogP contribution in [0.25, 0.3) is 0 Å². The molecule has 3 saturated carbocycles. The Balaban J connectivity index is 1.35. The first-order valence-electron chi connectivity index (χ1n) is 12.7. The second kappa shape index (κ2) is 6.91. The summed E-state index contributed by atoms with van der Waals surface area (Å²) in [4.78, 5) is 13.4. The normalized spacial score (nSPS) is 50.2. The van der Waals surface area contributed by atoms with Crippen molar-refractivity contribution in [3.63, 3.8) is 0 Å². The lowest BCUT2D eigenvalue weighted by Crippen LogP contribution is -2.53. The number of aliphatic hydroxyl groups is 1. The summed E-state index contributed by atoms with van der Waals surface area (Å²) in [7, 11) is 0. The topological polar surface area (TPSA) is 49.8 Å². The lowest BCUT2D eigenvalue weighted by Gasteiger charge is -2.57. The van der Waals surface area contributed by atoms with Crippen LogP contribution < -0.4 is 0 Å². The Morgan fingerprint density at radius 3 is 2.53 bits per heavy atom. The van der Waals surface area contributed by atoms with Crippen molar-refractivity contribution in [1.82, 2.24) is 0 Å². The molecule has 0 radical (unpaired) electrons. The number of fused-ring (bicyclic) bond motifs is 5. The number of hydrogen-bond donors (Lipinski definition) is 1. The van der Waals surface area contributed by atoms with Gasteiger partial charge in [0.1, 0.15) is 0 Å². The lowest BCUT2D eigenvalue weighted by molar-refractivity contribution is -0.135. The molecule has 0 aromatic rings. The fourth-order valence-corrected chi connectivity index (χ4v) is 8.71. The van der Waals surface area contributed by atoms with E-state index in [4.69, 9.17) is 4.74 Å². The predicted octanol–water partition coefficient (Wildman–Crippen LogP) is 5.70. The van der Waals surface area contributed by atoms with Crippen LogP contribution >= 0.6 is 0 Å². The summed E-state index contributed by atoms with van der Waals surface area (Å²) in [5.41, 5.74) is 1.80. The van der Waals surface area contributed by atoms with Gasteiger partial charge in [-0.3, -0.25) is 4.79 Å². The van der Waals surface area contributed by atoms with Gasteiger partial charge in [-0.2, -0.15) is 0 Å². The van der Waals surface area contributed by atoms with E-state index in [1.807, 2.05) is 6.08 Å². The minimum Gasteiger partial charge on any atom is -0.393 e. The van der Waals surface area contributed by atoms with Gasteiger partial charge in [0, 0.05) is 5.92 Å². The molecule has 9 atom stereocenters. The largest absolute Gasteiger partial charge is 0.393 e. The molecule has 0 aromatic carbocycles. The van der Waals surface area contributed by atoms with Gasteiger partial charge in [-0.1, -0.05) is 26.3 Å². The highest BCUT2D eigenvalue weighted by Gasteiger charge is 2.61. The predicted molar refractivity (Wildman–Crippen MR) is 119 cm³/mol. The van der Waals surface area contributed by atoms with Crippen molar-refractivity contribution < 1.29 is 14.6 Å². The van der Waals surface area contributed by atoms with E-state index in [2.05, 4.69) is 34.6 Å². The smallest absolute Gasteiger partial charge is 0.159 e. The van der Waals surface area contributed by atoms with Crippen LogP contribution in [-0.4, -0.2) is 28.7 Å². The van der Waals surface area contributed by atoms with E-state index >= 15 is 0 Å². The first-order valence-corrected chi connectivity index (χ1v) is 12.7. The zero-order valence-electron chi connectivity index (χ0n) is 19.7. The van der Waals surface area contributed by atoms with E-state index in [0.717, 1.165) is 18.8 Å². The van der Waals surface area contributed by atoms with Gasteiger partial charge in [-0.15, -0.1) is 0 Å². The van der Waals surface area contributed by atoms with Gasteiger partial charge in [0.2, 0.25) is 0 Å². The molecule has 1 saturated heterocycles. The SMILES string of the molecule is C[C@H](CC[C@@H]1OC1(C)C)[C@H]1CC[C@H]2[C@@H]3C(=O)C=C4C[C@@H](O)CC[C@]4(C)[C@H]3CC[C@]12C. The van der Waals surface area contributed by atoms with E-state index in [1.54, 1.807) is 0 Å². The Bertz CT molecular complexity index is 753. The summed E-state index contributed by atoms with van der Waals surface area (Å²) >= 11 is 0. The van der Waals surface area contributed by atoms with E-state index in [0.29, 0.717) is 41.5 Å². The van der Waals surface area contributed by atoms with Crippen LogP contribution in [0.1, 0.15) is 92.4 Å². The molecule has 1 aliphatic heterocycles. The summed E-state index contributed by atoms with van der Waals surface area (Å²) in [6.07, 6.45) is 12.3. The van der Waals surface area contributed by atoms with E-state index in [-0.39, 0.29) is 23.0 Å². The van der Waals surface area contributed by atoms with Crippen molar-refractivity contribution in [3.05, 3.63) is 11.6 Å². The highest BCUT2D eigenvalue weighted by molar-refractivity contribution is 5.94. The molecule has 0 aromatic heterocycles. The molecular formula is C27H42O3. The van der Waals surface area contributed by atoms with E-state index in [1.165, 1.54) is 44.1 Å². The van der Waals surface area contributed by atoms with Crippen LogP contribution in [0.3, 0.4) is 0 Å². The monoisotopic (exact) mass is 414 g/mol. The van der Waals surface area contributed by atoms with Crippen molar-refractivity contribution in [3.8, 4) is 0 Å². The number of rotatable bonds is 4. The number of ether oxygens (including phenoxy) is 1. The highest BCUT2D eigenvalue weighted by Crippen LogP contribution is 2.66. The number of ketones is 1. The number of aliphatic hydroxyl groups excluding tert-OH is 1. The molecular weight excluding hydrogens is 372 g/mol. The maximum absolute atomic E-state index is 13.4. The molecule has 0 spiro atoms. The molecule has 0 bridgehead atoms. The van der Waals surface area contributed by atoms with Crippen molar-refractivity contribution in [2.75, 3.05) is 0 Å². The zero-order valence-corrected chi connectivity index (χ0v) is 19.7. The summed E-state index contributed by atoms with van der Waals surface area (Å²) in [5.74, 6) is 3.09. The first kappa shape index (κ1) is 21.2. The Morgan fingerprint density at radius 2 is 1.83 bits per heavy atom. The molecule has 3 nitrogen and oxygen atoms in total. The highest BCUT2D eigenvalue weighted by atomic mass is 16.6. The standard InChI is InChI=1S/C27H42O3/c1-16(6-9-23-25(2,3)30-23)19-7-8-20-24-21(11-13-27(19,20)5)26(4)12-10-18(28)14-17(26)15-22(24)29/h15-16,18-21,23-24,28H,6-14H2,1-5H3/t16-,18+,19-,20+,21+,23+,24+,26+,27-/m1/s1. The van der Waals surface area contributed by atoms with Gasteiger partial charge in [-0.25, -0.2) is 0 Å². The molecule has 5 rings (SSSR count). The summed E-state index contributed by atoms with van der Waals surface area (Å²) < 4.78 is 5.83. The second-order valence-corrected chi connectivity index (χ2v) is 12.6. The van der Waals surface area contributed by atoms with E-state index in [9.17, 15) is 9.90 Å². The van der Waals surface area contributed by atoms with Gasteiger partial charge >= 0.3 is 0 Å². The van der Waals surface area contributed by atoms with Crippen LogP contribution in [0.4, 0.5) is 0 Å². The zero-order chi connectivity index (χ0) is 21.5. The maximum atomic E-state index is 13.4. The molecule has 1 heterocycles. The van der Waals surface area contributed by atoms with Crippen molar-refractivity contribution in [2.45, 2.75) is 110 Å². The van der Waals surface area contributed by atoms with Crippen LogP contribution in [0, 0.1) is 40.4 Å². The third kappa shape index (κ3) is 3.09. The van der Waals surface area contributed by atoms with Crippen molar-refractivity contribution in [2.24, 2.45) is 40.4 Å². The third-order valence-electron chi connectivity index (χ3n) is 10.7. The van der Waals surface area contributed by atoms with Gasteiger partial charge in [-0.05, 0) is 112 Å². The Hall–Kier alpha value is -0.670. The van der Waals surface area contributed by atoms with Crippen LogP contribution in [0.5, 0.6) is 0 Å². The minimum absolute atomic E-state index is 0.0987. The number of allylic oxidation sites excluding steroid dienone is 1. The van der Waals surface area contributed by atoms with Gasteiger partial charge < -0.3 is 9.84 Å². The summed E-state index contributed by atoms with van der Waals surface area (Å²) in [5, 5.41) is 10.2. The number of hydrogen-bond acceptors (Lipinski definition) is 3. The van der Waals surface area contributed by atoms with E-state index < -0.39 is 0 Å². The number of carbonyl (C=O) groups excluding carboxylic acids is 1. The molecule has 168 valence electrons. The molecule has 4 aliphatic carbocycles. The molecule has 1 N–H and O–H groups in total. The number of epoxide rings is 1. The van der Waals surface area contributed by atoms with Gasteiger partial charge in [0.05, 0.1) is 17.8 Å². The first-order chi connectivity index (χ1) is 14.1. The molecule has 3 heteroatoms. The van der Waals surface area contributed by atoms with Crippen LogP contribution in [0.15, 0.2) is 11.6 Å². The average Bonchev–Trinajstić information content (AvgIpc) is 3.13. The van der Waals surface area contributed by atoms with Crippen LogP contribution in [0.2, 0.25) is 0 Å². The average molecular weight is 415 g/mol. The molecule has 0 amide bonds. The Labute approximate surface area is 183 Å². The molecule has 5 aliphatic rings. The summed E-state index contributed by atoms with van der Waals surface area (Å²) in [6.45, 7) is 11.8. The number of carbonyl (C=O) groups is 1. The quantitative estimate of drug-likeness (QED) is 0.600. The van der Waals surface area contributed by atoms with Crippen molar-refractivity contribution >= 4 is 5.78 Å². The third-order valence-corrected chi connectivity index (χ3v) is 10.7. The van der Waals surface area contributed by atoms with Gasteiger partial charge in [0.25, 0.3) is 0 Å². The second-order valence-electron chi connectivity index (χ2n) is 12.6. The van der Waals surface area contributed by atoms with Crippen molar-refractivity contribution in [1.29, 1.82) is 0 Å². The molecule has 0 unspecified atom stereocenters. The lowest BCUT2D eigenvalue weighted by atomic mass is 9.46. The fraction of sp³-hybridized carbons (Fsp3) is 0.889. The minimum atomic E-state index is -0.250. The summed E-state index contributed by atoms with van der Waals surface area (Å²) in [6, 6.07) is 0. The van der Waals surface area contributed by atoms with Gasteiger partial charge in [0.15, 0.2) is 5.78 Å². The fourth-order valence-electron chi connectivity index (χ4n) is 8.71.